The summed E-state index contributed by atoms with van der Waals surface area (Å²) in [5.74, 6) is 2.95. The van der Waals surface area contributed by atoms with Gasteiger partial charge in [-0.15, -0.1) is 12.3 Å². The van der Waals surface area contributed by atoms with E-state index in [1.54, 1.807) is 0 Å². The van der Waals surface area contributed by atoms with Crippen LogP contribution in [0.2, 0.25) is 0 Å². The predicted molar refractivity (Wildman–Crippen MR) is 62.5 cm³/mol. The Labute approximate surface area is 96.6 Å². The van der Waals surface area contributed by atoms with Gasteiger partial charge in [0.05, 0.1) is 6.04 Å². The molecule has 4 heteroatoms. The molecule has 3 N–H and O–H groups in total. The second-order valence-electron chi connectivity index (χ2n) is 4.77. The van der Waals surface area contributed by atoms with Crippen LogP contribution in [0.1, 0.15) is 19.3 Å². The van der Waals surface area contributed by atoms with Gasteiger partial charge in [0.15, 0.2) is 0 Å². The topological polar surface area (TPSA) is 58.4 Å². The van der Waals surface area contributed by atoms with E-state index in [1.165, 1.54) is 25.9 Å². The summed E-state index contributed by atoms with van der Waals surface area (Å²) < 4.78 is 0. The average Bonchev–Trinajstić information content (AvgIpc) is 2.31. The number of nitrogens with one attached hydrogen (secondary N) is 1. The summed E-state index contributed by atoms with van der Waals surface area (Å²) in [5, 5.41) is 3.03. The van der Waals surface area contributed by atoms with Crippen LogP contribution in [0.15, 0.2) is 0 Å². The summed E-state index contributed by atoms with van der Waals surface area (Å²) in [5.41, 5.74) is 5.67. The van der Waals surface area contributed by atoms with Crippen LogP contribution in [0.5, 0.6) is 0 Å². The van der Waals surface area contributed by atoms with Gasteiger partial charge >= 0.3 is 0 Å². The molecular formula is C12H19N3O. The summed E-state index contributed by atoms with van der Waals surface area (Å²) in [7, 11) is 0. The van der Waals surface area contributed by atoms with E-state index >= 15 is 0 Å². The molecule has 2 bridgehead atoms. The van der Waals surface area contributed by atoms with Crippen molar-refractivity contribution in [1.82, 2.24) is 10.2 Å². The van der Waals surface area contributed by atoms with Crippen molar-refractivity contribution in [3.8, 4) is 12.3 Å². The Balaban J connectivity index is 1.86. The zero-order chi connectivity index (χ0) is 11.5. The highest BCUT2D eigenvalue weighted by molar-refractivity contribution is 5.82. The van der Waals surface area contributed by atoms with E-state index in [0.717, 1.165) is 6.54 Å². The Morgan fingerprint density at radius 3 is 2.75 bits per heavy atom. The SMILES string of the molecule is C#CCC(N)C(=O)NC1CN2CCC1CC2. The average molecular weight is 221 g/mol. The number of piperidine rings is 3. The summed E-state index contributed by atoms with van der Waals surface area (Å²) in [6.45, 7) is 3.32. The van der Waals surface area contributed by atoms with Crippen molar-refractivity contribution in [2.24, 2.45) is 11.7 Å². The standard InChI is InChI=1S/C12H19N3O/c1-2-3-10(13)12(16)14-11-8-15-6-4-9(11)5-7-15/h1,9-11H,3-8,13H2,(H,14,16). The Morgan fingerprint density at radius 2 is 2.25 bits per heavy atom. The van der Waals surface area contributed by atoms with Gasteiger partial charge in [-0.1, -0.05) is 0 Å². The molecule has 0 radical (unpaired) electrons. The molecule has 3 aliphatic heterocycles. The van der Waals surface area contributed by atoms with Gasteiger partial charge in [0.2, 0.25) is 5.91 Å². The van der Waals surface area contributed by atoms with E-state index in [-0.39, 0.29) is 11.9 Å². The molecule has 0 aromatic heterocycles. The summed E-state index contributed by atoms with van der Waals surface area (Å²) in [4.78, 5) is 14.1. The first-order valence-corrected chi connectivity index (χ1v) is 5.92. The van der Waals surface area contributed by atoms with Gasteiger partial charge < -0.3 is 16.0 Å². The predicted octanol–water partition coefficient (Wildman–Crippen LogP) is -0.453. The molecule has 3 aliphatic rings. The molecule has 3 saturated heterocycles. The van der Waals surface area contributed by atoms with Crippen molar-refractivity contribution in [2.75, 3.05) is 19.6 Å². The van der Waals surface area contributed by atoms with Crippen LogP contribution in [0.3, 0.4) is 0 Å². The first-order valence-electron chi connectivity index (χ1n) is 5.92. The number of rotatable bonds is 3. The van der Waals surface area contributed by atoms with E-state index in [2.05, 4.69) is 16.1 Å². The van der Waals surface area contributed by atoms with E-state index in [0.29, 0.717) is 12.3 Å². The van der Waals surface area contributed by atoms with Crippen LogP contribution in [0.4, 0.5) is 0 Å². The second-order valence-corrected chi connectivity index (χ2v) is 4.77. The first kappa shape index (κ1) is 11.4. The number of amides is 1. The van der Waals surface area contributed by atoms with E-state index in [1.807, 2.05) is 0 Å². The van der Waals surface area contributed by atoms with E-state index < -0.39 is 6.04 Å². The van der Waals surface area contributed by atoms with Gasteiger partial charge in [0, 0.05) is 19.0 Å². The first-order chi connectivity index (χ1) is 7.70. The maximum absolute atomic E-state index is 11.7. The molecule has 0 saturated carbocycles. The van der Waals surface area contributed by atoms with Crippen molar-refractivity contribution in [1.29, 1.82) is 0 Å². The highest BCUT2D eigenvalue weighted by atomic mass is 16.2. The van der Waals surface area contributed by atoms with Crippen LogP contribution >= 0.6 is 0 Å². The van der Waals surface area contributed by atoms with Crippen molar-refractivity contribution in [2.45, 2.75) is 31.3 Å². The van der Waals surface area contributed by atoms with Gasteiger partial charge in [-0.25, -0.2) is 0 Å². The minimum atomic E-state index is -0.555. The molecule has 3 rings (SSSR count). The molecule has 0 spiro atoms. The largest absolute Gasteiger partial charge is 0.350 e. The van der Waals surface area contributed by atoms with Gasteiger partial charge in [0.1, 0.15) is 0 Å². The molecule has 0 aliphatic carbocycles. The molecule has 2 unspecified atom stereocenters. The highest BCUT2D eigenvalue weighted by Crippen LogP contribution is 2.27. The summed E-state index contributed by atoms with van der Waals surface area (Å²) in [6, 6.07) is -0.278. The van der Waals surface area contributed by atoms with Crippen LogP contribution in [0, 0.1) is 18.3 Å². The fraction of sp³-hybridized carbons (Fsp3) is 0.750. The number of fused-ring (bicyclic) bond motifs is 3. The minimum absolute atomic E-state index is 0.100. The molecule has 16 heavy (non-hydrogen) atoms. The third-order valence-corrected chi connectivity index (χ3v) is 3.66. The molecule has 88 valence electrons. The zero-order valence-electron chi connectivity index (χ0n) is 9.48. The van der Waals surface area contributed by atoms with Gasteiger partial charge in [-0.05, 0) is 31.8 Å². The quantitative estimate of drug-likeness (QED) is 0.635. The number of nitrogens with zero attached hydrogens (tertiary/aromatic N) is 1. The smallest absolute Gasteiger partial charge is 0.238 e. The Hall–Kier alpha value is -1.05. The summed E-state index contributed by atoms with van der Waals surface area (Å²) in [6.07, 6.45) is 7.83. The number of hydrogen-bond acceptors (Lipinski definition) is 3. The number of terminal acetylenes is 1. The third kappa shape index (κ3) is 2.37. The van der Waals surface area contributed by atoms with Crippen molar-refractivity contribution < 1.29 is 4.79 Å². The monoisotopic (exact) mass is 221 g/mol. The van der Waals surface area contributed by atoms with Gasteiger partial charge in [-0.2, -0.15) is 0 Å². The number of carbonyl (C=O) groups is 1. The van der Waals surface area contributed by atoms with E-state index in [9.17, 15) is 4.79 Å². The lowest BCUT2D eigenvalue weighted by Gasteiger charge is -2.45. The lowest BCUT2D eigenvalue weighted by molar-refractivity contribution is -0.124. The lowest BCUT2D eigenvalue weighted by Crippen LogP contribution is -2.59. The third-order valence-electron chi connectivity index (χ3n) is 3.66. The second kappa shape index (κ2) is 4.86. The van der Waals surface area contributed by atoms with E-state index in [4.69, 9.17) is 12.2 Å². The van der Waals surface area contributed by atoms with Gasteiger partial charge in [-0.3, -0.25) is 4.79 Å². The normalized spacial score (nSPS) is 34.1. The zero-order valence-corrected chi connectivity index (χ0v) is 9.48. The molecule has 2 atom stereocenters. The minimum Gasteiger partial charge on any atom is -0.350 e. The Kier molecular flexibility index (Phi) is 3.47. The van der Waals surface area contributed by atoms with Crippen molar-refractivity contribution in [3.63, 3.8) is 0 Å². The number of hydrogen-bond donors (Lipinski definition) is 2. The van der Waals surface area contributed by atoms with Crippen LogP contribution in [-0.2, 0) is 4.79 Å². The Morgan fingerprint density at radius 1 is 1.56 bits per heavy atom. The Bertz CT molecular complexity index is 302. The fourth-order valence-electron chi connectivity index (χ4n) is 2.64. The van der Waals surface area contributed by atoms with Crippen LogP contribution in [0.25, 0.3) is 0 Å². The molecule has 1 amide bonds. The number of carbonyl (C=O) groups excluding carboxylic acids is 1. The van der Waals surface area contributed by atoms with Gasteiger partial charge in [0.25, 0.3) is 0 Å². The molecule has 0 aromatic rings. The van der Waals surface area contributed by atoms with Crippen molar-refractivity contribution in [3.05, 3.63) is 0 Å². The molecule has 0 aromatic carbocycles. The maximum atomic E-state index is 11.7. The number of nitrogens with two attached hydrogens (primary N) is 1. The van der Waals surface area contributed by atoms with Crippen molar-refractivity contribution >= 4 is 5.91 Å². The summed E-state index contributed by atoms with van der Waals surface area (Å²) >= 11 is 0. The molecule has 3 heterocycles. The van der Waals surface area contributed by atoms with Crippen LogP contribution < -0.4 is 11.1 Å². The lowest BCUT2D eigenvalue weighted by atomic mass is 9.84. The maximum Gasteiger partial charge on any atom is 0.238 e. The highest BCUT2D eigenvalue weighted by Gasteiger charge is 2.35. The molecular weight excluding hydrogens is 202 g/mol. The molecule has 4 nitrogen and oxygen atoms in total. The van der Waals surface area contributed by atoms with Crippen LogP contribution in [-0.4, -0.2) is 42.5 Å². The fourth-order valence-corrected chi connectivity index (χ4v) is 2.64. The molecule has 3 fully saturated rings.